The largest absolute Gasteiger partial charge is 0.505 e. The number of hydrogen-bond donors (Lipinski definition) is 3. The molecule has 1 saturated carbocycles. The Bertz CT molecular complexity index is 494. The number of carbonyl (C=O) groups is 1. The molecule has 2 bridgehead atoms. The fourth-order valence-electron chi connectivity index (χ4n) is 2.81. The van der Waals surface area contributed by atoms with Gasteiger partial charge in [-0.1, -0.05) is 11.6 Å². The van der Waals surface area contributed by atoms with Gasteiger partial charge in [0, 0.05) is 12.1 Å². The second kappa shape index (κ2) is 4.40. The number of rotatable bonds is 2. The Morgan fingerprint density at radius 1 is 1.50 bits per heavy atom. The SMILES string of the molecule is O=C(NC1CC2CNC1C2)c1ccc(O)c(Cl)n1. The molecule has 18 heavy (non-hydrogen) atoms. The smallest absolute Gasteiger partial charge is 0.270 e. The van der Waals surface area contributed by atoms with Gasteiger partial charge >= 0.3 is 0 Å². The average molecular weight is 268 g/mol. The van der Waals surface area contributed by atoms with Crippen LogP contribution in [0.15, 0.2) is 12.1 Å². The minimum Gasteiger partial charge on any atom is -0.505 e. The van der Waals surface area contributed by atoms with Crippen LogP contribution in [0.5, 0.6) is 5.75 Å². The maximum Gasteiger partial charge on any atom is 0.270 e. The number of amides is 1. The second-order valence-electron chi connectivity index (χ2n) is 4.94. The van der Waals surface area contributed by atoms with Crippen LogP contribution in [0.2, 0.25) is 5.15 Å². The number of halogens is 1. The van der Waals surface area contributed by atoms with Crippen LogP contribution < -0.4 is 10.6 Å². The van der Waals surface area contributed by atoms with Crippen molar-refractivity contribution in [2.75, 3.05) is 6.54 Å². The van der Waals surface area contributed by atoms with Crippen LogP contribution in [0.25, 0.3) is 0 Å². The lowest BCUT2D eigenvalue weighted by Crippen LogP contribution is -2.48. The van der Waals surface area contributed by atoms with Crippen molar-refractivity contribution in [1.82, 2.24) is 15.6 Å². The van der Waals surface area contributed by atoms with Gasteiger partial charge in [-0.15, -0.1) is 0 Å². The fourth-order valence-corrected chi connectivity index (χ4v) is 2.96. The van der Waals surface area contributed by atoms with Gasteiger partial charge in [-0.05, 0) is 37.4 Å². The molecule has 3 unspecified atom stereocenters. The van der Waals surface area contributed by atoms with Gasteiger partial charge in [-0.3, -0.25) is 4.79 Å². The van der Waals surface area contributed by atoms with Crippen molar-refractivity contribution in [2.45, 2.75) is 24.9 Å². The molecule has 3 N–H and O–H groups in total. The van der Waals surface area contributed by atoms with Crippen molar-refractivity contribution >= 4 is 17.5 Å². The number of nitrogens with zero attached hydrogens (tertiary/aromatic N) is 1. The Labute approximate surface area is 110 Å². The maximum absolute atomic E-state index is 12.0. The highest BCUT2D eigenvalue weighted by Crippen LogP contribution is 2.31. The molecule has 1 aromatic rings. The van der Waals surface area contributed by atoms with E-state index >= 15 is 0 Å². The quantitative estimate of drug-likeness (QED) is 0.697. The van der Waals surface area contributed by atoms with E-state index in [1.54, 1.807) is 0 Å². The van der Waals surface area contributed by atoms with Crippen molar-refractivity contribution in [3.8, 4) is 5.75 Å². The van der Waals surface area contributed by atoms with Crippen LogP contribution >= 0.6 is 11.6 Å². The molecule has 3 atom stereocenters. The van der Waals surface area contributed by atoms with E-state index in [0.29, 0.717) is 12.0 Å². The second-order valence-corrected chi connectivity index (χ2v) is 5.30. The summed E-state index contributed by atoms with van der Waals surface area (Å²) in [6.07, 6.45) is 2.16. The summed E-state index contributed by atoms with van der Waals surface area (Å²) < 4.78 is 0. The van der Waals surface area contributed by atoms with E-state index in [2.05, 4.69) is 15.6 Å². The van der Waals surface area contributed by atoms with Crippen LogP contribution in [0, 0.1) is 5.92 Å². The molecule has 1 aliphatic carbocycles. The van der Waals surface area contributed by atoms with Crippen molar-refractivity contribution in [1.29, 1.82) is 0 Å². The van der Waals surface area contributed by atoms with Crippen LogP contribution in [-0.2, 0) is 0 Å². The van der Waals surface area contributed by atoms with Crippen LogP contribution in [0.4, 0.5) is 0 Å². The van der Waals surface area contributed by atoms with Crippen molar-refractivity contribution in [2.24, 2.45) is 5.92 Å². The summed E-state index contributed by atoms with van der Waals surface area (Å²) in [5, 5.41) is 15.6. The van der Waals surface area contributed by atoms with E-state index < -0.39 is 0 Å². The molecule has 0 aromatic carbocycles. The number of aromatic hydroxyl groups is 1. The minimum atomic E-state index is -0.240. The van der Waals surface area contributed by atoms with Gasteiger partial charge in [0.2, 0.25) is 0 Å². The minimum absolute atomic E-state index is 0.0475. The summed E-state index contributed by atoms with van der Waals surface area (Å²) in [6, 6.07) is 3.40. The van der Waals surface area contributed by atoms with E-state index in [1.807, 2.05) is 0 Å². The Balaban J connectivity index is 1.69. The number of hydrogen-bond acceptors (Lipinski definition) is 4. The molecule has 2 fully saturated rings. The summed E-state index contributed by atoms with van der Waals surface area (Å²) in [5.74, 6) is 0.322. The molecular weight excluding hydrogens is 254 g/mol. The molecule has 5 nitrogen and oxygen atoms in total. The van der Waals surface area contributed by atoms with E-state index in [0.717, 1.165) is 19.4 Å². The lowest BCUT2D eigenvalue weighted by atomic mass is 10.1. The van der Waals surface area contributed by atoms with Gasteiger partial charge in [0.25, 0.3) is 5.91 Å². The molecule has 6 heteroatoms. The first-order chi connectivity index (χ1) is 8.63. The van der Waals surface area contributed by atoms with Gasteiger partial charge in [0.15, 0.2) is 10.9 Å². The predicted molar refractivity (Wildman–Crippen MR) is 66.7 cm³/mol. The number of aromatic nitrogens is 1. The average Bonchev–Trinajstić information content (AvgIpc) is 2.94. The van der Waals surface area contributed by atoms with Gasteiger partial charge < -0.3 is 15.7 Å². The van der Waals surface area contributed by atoms with E-state index in [4.69, 9.17) is 11.6 Å². The summed E-state index contributed by atoms with van der Waals surface area (Å²) in [5.41, 5.74) is 0.237. The van der Waals surface area contributed by atoms with Gasteiger partial charge in [-0.2, -0.15) is 0 Å². The Morgan fingerprint density at radius 3 is 2.94 bits per heavy atom. The molecule has 1 aromatic heterocycles. The van der Waals surface area contributed by atoms with Gasteiger partial charge in [-0.25, -0.2) is 4.98 Å². The standard InChI is InChI=1S/C12H14ClN3O2/c13-11-10(17)2-1-7(15-11)12(18)16-9-4-6-3-8(9)14-5-6/h1-2,6,8-9,14,17H,3-5H2,(H,16,18). The Morgan fingerprint density at radius 2 is 2.33 bits per heavy atom. The predicted octanol–water partition coefficient (Wildman–Crippen LogP) is 0.921. The summed E-state index contributed by atoms with van der Waals surface area (Å²) in [6.45, 7) is 1.06. The normalized spacial score (nSPS) is 29.5. The number of piperidine rings is 1. The van der Waals surface area contributed by atoms with Crippen molar-refractivity contribution < 1.29 is 9.90 Å². The molecule has 0 spiro atoms. The molecule has 1 aliphatic heterocycles. The van der Waals surface area contributed by atoms with E-state index in [9.17, 15) is 9.90 Å². The van der Waals surface area contributed by atoms with Gasteiger partial charge in [0.1, 0.15) is 5.69 Å². The molecule has 2 heterocycles. The topological polar surface area (TPSA) is 74.2 Å². The third-order valence-corrected chi connectivity index (χ3v) is 3.99. The number of carbonyl (C=O) groups excluding carboxylic acids is 1. The van der Waals surface area contributed by atoms with E-state index in [1.165, 1.54) is 12.1 Å². The third-order valence-electron chi connectivity index (χ3n) is 3.71. The molecule has 2 aliphatic rings. The van der Waals surface area contributed by atoms with E-state index in [-0.39, 0.29) is 28.5 Å². The third kappa shape index (κ3) is 2.04. The first-order valence-corrected chi connectivity index (χ1v) is 6.41. The molecule has 3 rings (SSSR count). The van der Waals surface area contributed by atoms with Crippen LogP contribution in [0.1, 0.15) is 23.3 Å². The monoisotopic (exact) mass is 267 g/mol. The summed E-state index contributed by atoms with van der Waals surface area (Å²) >= 11 is 5.68. The zero-order chi connectivity index (χ0) is 12.7. The van der Waals surface area contributed by atoms with Crippen molar-refractivity contribution in [3.05, 3.63) is 23.0 Å². The zero-order valence-electron chi connectivity index (χ0n) is 9.69. The Hall–Kier alpha value is -1.33. The summed E-state index contributed by atoms with van der Waals surface area (Å²) in [4.78, 5) is 15.9. The highest BCUT2D eigenvalue weighted by atomic mass is 35.5. The highest BCUT2D eigenvalue weighted by Gasteiger charge is 2.40. The summed E-state index contributed by atoms with van der Waals surface area (Å²) in [7, 11) is 0. The fraction of sp³-hybridized carbons (Fsp3) is 0.500. The van der Waals surface area contributed by atoms with Crippen LogP contribution in [0.3, 0.4) is 0 Å². The molecule has 1 saturated heterocycles. The lowest BCUT2D eigenvalue weighted by Gasteiger charge is -2.23. The highest BCUT2D eigenvalue weighted by molar-refractivity contribution is 6.30. The maximum atomic E-state index is 12.0. The van der Waals surface area contributed by atoms with Crippen LogP contribution in [-0.4, -0.2) is 34.6 Å². The zero-order valence-corrected chi connectivity index (χ0v) is 10.4. The number of nitrogens with one attached hydrogen (secondary N) is 2. The first kappa shape index (κ1) is 11.7. The number of pyridine rings is 1. The molecule has 96 valence electrons. The molecule has 1 amide bonds. The van der Waals surface area contributed by atoms with Crippen molar-refractivity contribution in [3.63, 3.8) is 0 Å². The molecular formula is C12H14ClN3O2. The Kier molecular flexibility index (Phi) is 2.87. The first-order valence-electron chi connectivity index (χ1n) is 6.03. The number of fused-ring (bicyclic) bond motifs is 2. The molecule has 0 radical (unpaired) electrons. The van der Waals surface area contributed by atoms with Gasteiger partial charge in [0.05, 0.1) is 0 Å². The lowest BCUT2D eigenvalue weighted by molar-refractivity contribution is 0.0923.